The topological polar surface area (TPSA) is 32.7 Å². The Labute approximate surface area is 122 Å². The van der Waals surface area contributed by atoms with Crippen molar-refractivity contribution in [1.29, 1.82) is 0 Å². The molecule has 20 heavy (non-hydrogen) atoms. The van der Waals surface area contributed by atoms with Gasteiger partial charge >= 0.3 is 0 Å². The summed E-state index contributed by atoms with van der Waals surface area (Å²) >= 11 is 0. The third-order valence-electron chi connectivity index (χ3n) is 4.43. The molecule has 1 N–H and O–H groups in total. The number of rotatable bonds is 5. The van der Waals surface area contributed by atoms with E-state index in [0.29, 0.717) is 0 Å². The molecule has 2 atom stereocenters. The Kier molecular flexibility index (Phi) is 5.86. The van der Waals surface area contributed by atoms with Crippen LogP contribution in [-0.2, 0) is 0 Å². The summed E-state index contributed by atoms with van der Waals surface area (Å²) in [7, 11) is 1.66. The second-order valence-corrected chi connectivity index (χ2v) is 5.80. The average Bonchev–Trinajstić information content (AvgIpc) is 2.72. The number of nitrogens with zero attached hydrogens (tertiary/aromatic N) is 1. The molecule has 1 aliphatic rings. The minimum atomic E-state index is -0.428. The molecule has 2 rings (SSSR count). The van der Waals surface area contributed by atoms with Gasteiger partial charge in [0.25, 0.3) is 0 Å². The summed E-state index contributed by atoms with van der Waals surface area (Å²) in [6.07, 6.45) is 4.71. The minimum Gasteiger partial charge on any atom is -0.497 e. The molecule has 0 amide bonds. The predicted octanol–water partition coefficient (Wildman–Crippen LogP) is 3.24. The smallest absolute Gasteiger partial charge is 0.119 e. The highest BCUT2D eigenvalue weighted by molar-refractivity contribution is 5.29. The van der Waals surface area contributed by atoms with Gasteiger partial charge in [0.15, 0.2) is 0 Å². The second kappa shape index (κ2) is 7.65. The first-order valence-electron chi connectivity index (χ1n) is 7.77. The van der Waals surface area contributed by atoms with Crippen molar-refractivity contribution < 1.29 is 9.84 Å². The molecule has 1 aromatic rings. The normalized spacial score (nSPS) is 22.2. The van der Waals surface area contributed by atoms with Crippen LogP contribution in [0.5, 0.6) is 5.75 Å². The van der Waals surface area contributed by atoms with Crippen LogP contribution in [0.2, 0.25) is 0 Å². The maximum Gasteiger partial charge on any atom is 0.119 e. The number of likely N-dealkylation sites (tertiary alicyclic amines) is 1. The zero-order valence-corrected chi connectivity index (χ0v) is 12.7. The number of benzene rings is 1. The number of ether oxygens (including phenoxy) is 1. The summed E-state index contributed by atoms with van der Waals surface area (Å²) in [6.45, 7) is 5.23. The van der Waals surface area contributed by atoms with Crippen LogP contribution < -0.4 is 4.74 Å². The van der Waals surface area contributed by atoms with Gasteiger partial charge in [-0.05, 0) is 56.0 Å². The number of aliphatic hydroxyl groups excluding tert-OH is 1. The average molecular weight is 277 g/mol. The van der Waals surface area contributed by atoms with Gasteiger partial charge in [0, 0.05) is 6.54 Å². The first-order valence-corrected chi connectivity index (χ1v) is 7.77. The van der Waals surface area contributed by atoms with E-state index in [0.717, 1.165) is 36.9 Å². The minimum absolute atomic E-state index is 0.428. The molecular formula is C17H27NO2. The SMILES string of the molecule is CCC1CCCN(CC(O)c2cccc(OC)c2)CC1. The standard InChI is InChI=1S/C17H27NO2/c1-3-14-6-5-10-18(11-9-14)13-17(19)15-7-4-8-16(12-15)20-2/h4,7-8,12,14,17,19H,3,5-6,9-11,13H2,1-2H3. The molecule has 3 nitrogen and oxygen atoms in total. The van der Waals surface area contributed by atoms with Crippen LogP contribution in [0.1, 0.15) is 44.3 Å². The Morgan fingerprint density at radius 1 is 1.35 bits per heavy atom. The summed E-state index contributed by atoms with van der Waals surface area (Å²) in [5.41, 5.74) is 0.945. The molecule has 2 unspecified atom stereocenters. The first kappa shape index (κ1) is 15.3. The van der Waals surface area contributed by atoms with Gasteiger partial charge in [0.1, 0.15) is 5.75 Å². The largest absolute Gasteiger partial charge is 0.497 e. The van der Waals surface area contributed by atoms with E-state index in [9.17, 15) is 5.11 Å². The van der Waals surface area contributed by atoms with E-state index < -0.39 is 6.10 Å². The maximum atomic E-state index is 10.4. The molecule has 1 fully saturated rings. The number of hydrogen-bond donors (Lipinski definition) is 1. The summed E-state index contributed by atoms with van der Waals surface area (Å²) in [5, 5.41) is 10.4. The molecule has 1 aromatic carbocycles. The lowest BCUT2D eigenvalue weighted by Crippen LogP contribution is -2.29. The Morgan fingerprint density at radius 2 is 2.20 bits per heavy atom. The fourth-order valence-corrected chi connectivity index (χ4v) is 3.01. The van der Waals surface area contributed by atoms with Crippen molar-refractivity contribution >= 4 is 0 Å². The van der Waals surface area contributed by atoms with Gasteiger partial charge in [-0.25, -0.2) is 0 Å². The third-order valence-corrected chi connectivity index (χ3v) is 4.43. The van der Waals surface area contributed by atoms with Gasteiger partial charge in [-0.1, -0.05) is 25.5 Å². The maximum absolute atomic E-state index is 10.4. The lowest BCUT2D eigenvalue weighted by atomic mass is 9.98. The zero-order valence-electron chi connectivity index (χ0n) is 12.7. The molecule has 0 bridgehead atoms. The van der Waals surface area contributed by atoms with Crippen molar-refractivity contribution in [2.45, 2.75) is 38.7 Å². The number of aliphatic hydroxyl groups is 1. The molecule has 0 saturated carbocycles. The highest BCUT2D eigenvalue weighted by Gasteiger charge is 2.19. The molecule has 1 aliphatic heterocycles. The van der Waals surface area contributed by atoms with Gasteiger partial charge in [0.2, 0.25) is 0 Å². The van der Waals surface area contributed by atoms with Crippen LogP contribution in [0.15, 0.2) is 24.3 Å². The van der Waals surface area contributed by atoms with Gasteiger partial charge in [-0.3, -0.25) is 0 Å². The zero-order chi connectivity index (χ0) is 14.4. The summed E-state index contributed by atoms with van der Waals surface area (Å²) in [5.74, 6) is 1.68. The van der Waals surface area contributed by atoms with Gasteiger partial charge in [-0.2, -0.15) is 0 Å². The Morgan fingerprint density at radius 3 is 2.95 bits per heavy atom. The van der Waals surface area contributed by atoms with E-state index in [1.807, 2.05) is 24.3 Å². The van der Waals surface area contributed by atoms with E-state index in [2.05, 4.69) is 11.8 Å². The number of hydrogen-bond acceptors (Lipinski definition) is 3. The highest BCUT2D eigenvalue weighted by atomic mass is 16.5. The van der Waals surface area contributed by atoms with Crippen molar-refractivity contribution in [3.05, 3.63) is 29.8 Å². The van der Waals surface area contributed by atoms with Crippen LogP contribution in [0.3, 0.4) is 0 Å². The molecule has 0 aromatic heterocycles. The summed E-state index contributed by atoms with van der Waals surface area (Å²) in [4.78, 5) is 2.40. The monoisotopic (exact) mass is 277 g/mol. The quantitative estimate of drug-likeness (QED) is 0.897. The fraction of sp³-hybridized carbons (Fsp3) is 0.647. The number of methoxy groups -OCH3 is 1. The van der Waals surface area contributed by atoms with Crippen LogP contribution in [-0.4, -0.2) is 36.8 Å². The highest BCUT2D eigenvalue weighted by Crippen LogP contribution is 2.23. The number of β-amino-alcohol motifs (C(OH)–C–C–N with tert-alkyl or cyclic N) is 1. The van der Waals surface area contributed by atoms with E-state index in [1.54, 1.807) is 7.11 Å². The van der Waals surface area contributed by atoms with Crippen molar-refractivity contribution in [3.63, 3.8) is 0 Å². The summed E-state index contributed by atoms with van der Waals surface area (Å²) < 4.78 is 5.22. The molecular weight excluding hydrogens is 250 g/mol. The molecule has 0 spiro atoms. The van der Waals surface area contributed by atoms with Gasteiger partial charge in [-0.15, -0.1) is 0 Å². The second-order valence-electron chi connectivity index (χ2n) is 5.80. The Hall–Kier alpha value is -1.06. The lowest BCUT2D eigenvalue weighted by Gasteiger charge is -2.23. The molecule has 1 saturated heterocycles. The molecule has 0 aliphatic carbocycles. The van der Waals surface area contributed by atoms with Crippen molar-refractivity contribution in [3.8, 4) is 5.75 Å². The molecule has 1 heterocycles. The van der Waals surface area contributed by atoms with Crippen LogP contribution in [0, 0.1) is 5.92 Å². The van der Waals surface area contributed by atoms with Crippen LogP contribution in [0.4, 0.5) is 0 Å². The molecule has 3 heteroatoms. The van der Waals surface area contributed by atoms with Gasteiger partial charge < -0.3 is 14.7 Å². The third kappa shape index (κ3) is 4.22. The van der Waals surface area contributed by atoms with E-state index in [4.69, 9.17) is 4.74 Å². The van der Waals surface area contributed by atoms with E-state index >= 15 is 0 Å². The Bertz CT molecular complexity index is 408. The van der Waals surface area contributed by atoms with Crippen molar-refractivity contribution in [1.82, 2.24) is 4.90 Å². The van der Waals surface area contributed by atoms with E-state index in [-0.39, 0.29) is 0 Å². The Balaban J connectivity index is 1.91. The first-order chi connectivity index (χ1) is 9.72. The fourth-order valence-electron chi connectivity index (χ4n) is 3.01. The summed E-state index contributed by atoms with van der Waals surface area (Å²) in [6, 6.07) is 7.75. The van der Waals surface area contributed by atoms with E-state index in [1.165, 1.54) is 25.7 Å². The molecule has 0 radical (unpaired) electrons. The predicted molar refractivity (Wildman–Crippen MR) is 82.0 cm³/mol. The molecule has 112 valence electrons. The van der Waals surface area contributed by atoms with Crippen LogP contribution in [0.25, 0.3) is 0 Å². The van der Waals surface area contributed by atoms with Crippen molar-refractivity contribution in [2.24, 2.45) is 5.92 Å². The lowest BCUT2D eigenvalue weighted by molar-refractivity contribution is 0.114. The van der Waals surface area contributed by atoms with Crippen LogP contribution >= 0.6 is 0 Å². The van der Waals surface area contributed by atoms with Crippen molar-refractivity contribution in [2.75, 3.05) is 26.7 Å². The van der Waals surface area contributed by atoms with Gasteiger partial charge in [0.05, 0.1) is 13.2 Å².